The number of nitrogens with one attached hydrogen (secondary N) is 1. The molecule has 1 aliphatic heterocycles. The smallest absolute Gasteiger partial charge is 0.423 e. The number of anilines is 1. The van der Waals surface area contributed by atoms with E-state index in [1.807, 2.05) is 0 Å². The van der Waals surface area contributed by atoms with Crippen molar-refractivity contribution < 1.29 is 27.6 Å². The van der Waals surface area contributed by atoms with Crippen LogP contribution in [0.25, 0.3) is 0 Å². The zero-order chi connectivity index (χ0) is 20.4. The summed E-state index contributed by atoms with van der Waals surface area (Å²) in [5, 5.41) is 14.0. The molecule has 0 bridgehead atoms. The minimum absolute atomic E-state index is 0.282. The molecule has 150 valence electrons. The van der Waals surface area contributed by atoms with Gasteiger partial charge in [0.1, 0.15) is 23.0 Å². The summed E-state index contributed by atoms with van der Waals surface area (Å²) in [7, 11) is 0. The lowest BCUT2D eigenvalue weighted by molar-refractivity contribution is -0.387. The number of alkyl halides is 3. The Balaban J connectivity index is 2.33. The lowest BCUT2D eigenvalue weighted by atomic mass is 10.1. The molecule has 1 heterocycles. The SMILES string of the molecule is CC(C)(C)OC(=O)N1CCCCC1Nc1cccc(C(F)(F)F)c1[N+](=O)[O-]. The van der Waals surface area contributed by atoms with Gasteiger partial charge >= 0.3 is 18.0 Å². The molecular formula is C17H22F3N3O4. The van der Waals surface area contributed by atoms with E-state index in [-0.39, 0.29) is 5.69 Å². The van der Waals surface area contributed by atoms with Crippen molar-refractivity contribution in [3.8, 4) is 0 Å². The number of carbonyl (C=O) groups is 1. The van der Waals surface area contributed by atoms with Gasteiger partial charge in [0.15, 0.2) is 0 Å². The van der Waals surface area contributed by atoms with Crippen LogP contribution in [0.3, 0.4) is 0 Å². The molecule has 0 radical (unpaired) electrons. The number of likely N-dealkylation sites (tertiary alicyclic amines) is 1. The number of hydrogen-bond acceptors (Lipinski definition) is 5. The predicted molar refractivity (Wildman–Crippen MR) is 92.3 cm³/mol. The Bertz CT molecular complexity index is 716. The summed E-state index contributed by atoms with van der Waals surface area (Å²) in [6.07, 6.45) is -4.30. The lowest BCUT2D eigenvalue weighted by Gasteiger charge is -2.37. The van der Waals surface area contributed by atoms with E-state index in [9.17, 15) is 28.1 Å². The first-order valence-corrected chi connectivity index (χ1v) is 8.51. The highest BCUT2D eigenvalue weighted by Crippen LogP contribution is 2.40. The minimum Gasteiger partial charge on any atom is -0.444 e. The molecule has 1 atom stereocenters. The van der Waals surface area contributed by atoms with Crippen molar-refractivity contribution in [3.05, 3.63) is 33.9 Å². The summed E-state index contributed by atoms with van der Waals surface area (Å²) in [6, 6.07) is 2.96. The number of benzene rings is 1. The van der Waals surface area contributed by atoms with E-state index >= 15 is 0 Å². The van der Waals surface area contributed by atoms with Crippen LogP contribution in [0.4, 0.5) is 29.3 Å². The van der Waals surface area contributed by atoms with Crippen molar-refractivity contribution in [1.82, 2.24) is 4.90 Å². The van der Waals surface area contributed by atoms with Crippen LogP contribution >= 0.6 is 0 Å². The molecule has 0 saturated carbocycles. The van der Waals surface area contributed by atoms with E-state index in [0.717, 1.165) is 12.5 Å². The Morgan fingerprint density at radius 3 is 2.52 bits per heavy atom. The first-order chi connectivity index (χ1) is 12.4. The summed E-state index contributed by atoms with van der Waals surface area (Å²) in [5.74, 6) is 0. The molecular weight excluding hydrogens is 367 g/mol. The number of piperidine rings is 1. The van der Waals surface area contributed by atoms with Crippen LogP contribution in [0.5, 0.6) is 0 Å². The molecule has 1 aromatic carbocycles. The maximum absolute atomic E-state index is 13.1. The summed E-state index contributed by atoms with van der Waals surface area (Å²) in [6.45, 7) is 5.46. The second-order valence-electron chi connectivity index (χ2n) is 7.29. The summed E-state index contributed by atoms with van der Waals surface area (Å²) < 4.78 is 44.8. The largest absolute Gasteiger partial charge is 0.444 e. The monoisotopic (exact) mass is 389 g/mol. The van der Waals surface area contributed by atoms with Crippen molar-refractivity contribution in [1.29, 1.82) is 0 Å². The normalized spacial score (nSPS) is 18.1. The Labute approximate surface area is 154 Å². The number of amides is 1. The van der Waals surface area contributed by atoms with Crippen LogP contribution in [0.1, 0.15) is 45.6 Å². The highest BCUT2D eigenvalue weighted by Gasteiger charge is 2.40. The van der Waals surface area contributed by atoms with Crippen LogP contribution in [0.15, 0.2) is 18.2 Å². The molecule has 1 N–H and O–H groups in total. The van der Waals surface area contributed by atoms with Gasteiger partial charge in [0.2, 0.25) is 0 Å². The van der Waals surface area contributed by atoms with Gasteiger partial charge in [-0.15, -0.1) is 0 Å². The van der Waals surface area contributed by atoms with E-state index in [1.165, 1.54) is 11.0 Å². The number of hydrogen-bond donors (Lipinski definition) is 1. The van der Waals surface area contributed by atoms with E-state index in [4.69, 9.17) is 4.74 Å². The van der Waals surface area contributed by atoms with Gasteiger partial charge in [0.25, 0.3) is 0 Å². The van der Waals surface area contributed by atoms with Gasteiger partial charge in [-0.05, 0) is 52.2 Å². The standard InChI is InChI=1S/C17H22F3N3O4/c1-16(2,3)27-15(24)22-10-5-4-9-13(22)21-12-8-6-7-11(17(18,19)20)14(12)23(25)26/h6-8,13,21H,4-5,9-10H2,1-3H3. The topological polar surface area (TPSA) is 84.7 Å². The minimum atomic E-state index is -4.86. The molecule has 0 aliphatic carbocycles. The van der Waals surface area contributed by atoms with Crippen LogP contribution in [-0.4, -0.2) is 34.2 Å². The average Bonchev–Trinajstić information content (AvgIpc) is 2.52. The second kappa shape index (κ2) is 7.61. The Morgan fingerprint density at radius 2 is 1.96 bits per heavy atom. The highest BCUT2D eigenvalue weighted by atomic mass is 19.4. The average molecular weight is 389 g/mol. The third-order valence-electron chi connectivity index (χ3n) is 3.98. The zero-order valence-electron chi connectivity index (χ0n) is 15.3. The number of para-hydroxylation sites is 1. The van der Waals surface area contributed by atoms with Crippen molar-refractivity contribution in [3.63, 3.8) is 0 Å². The number of nitro benzene ring substituents is 1. The summed E-state index contributed by atoms with van der Waals surface area (Å²) in [4.78, 5) is 24.0. The summed E-state index contributed by atoms with van der Waals surface area (Å²) in [5.41, 5.74) is -3.41. The fourth-order valence-electron chi connectivity index (χ4n) is 2.89. The fraction of sp³-hybridized carbons (Fsp3) is 0.588. The predicted octanol–water partition coefficient (Wildman–Crippen LogP) is 4.77. The van der Waals surface area contributed by atoms with Gasteiger partial charge in [-0.3, -0.25) is 15.0 Å². The molecule has 1 saturated heterocycles. The third kappa shape index (κ3) is 5.24. The van der Waals surface area contributed by atoms with Crippen LogP contribution in [-0.2, 0) is 10.9 Å². The first kappa shape index (κ1) is 20.8. The molecule has 2 rings (SSSR count). The van der Waals surface area contributed by atoms with Gasteiger partial charge in [-0.2, -0.15) is 13.2 Å². The molecule has 1 fully saturated rings. The molecule has 0 aromatic heterocycles. The molecule has 0 spiro atoms. The number of carbonyl (C=O) groups excluding carboxylic acids is 1. The van der Waals surface area contributed by atoms with Crippen molar-refractivity contribution in [2.24, 2.45) is 0 Å². The zero-order valence-corrected chi connectivity index (χ0v) is 15.3. The van der Waals surface area contributed by atoms with Crippen LogP contribution in [0, 0.1) is 10.1 Å². The lowest BCUT2D eigenvalue weighted by Crippen LogP contribution is -2.49. The number of nitrogens with zero attached hydrogens (tertiary/aromatic N) is 2. The number of ether oxygens (including phenoxy) is 1. The third-order valence-corrected chi connectivity index (χ3v) is 3.98. The molecule has 1 aliphatic rings. The fourth-order valence-corrected chi connectivity index (χ4v) is 2.89. The highest BCUT2D eigenvalue weighted by molar-refractivity contribution is 5.71. The Morgan fingerprint density at radius 1 is 1.30 bits per heavy atom. The van der Waals surface area contributed by atoms with E-state index < -0.39 is 40.2 Å². The molecule has 10 heteroatoms. The Kier molecular flexibility index (Phi) is 5.86. The molecule has 7 nitrogen and oxygen atoms in total. The Hall–Kier alpha value is -2.52. The molecule has 1 aromatic rings. The van der Waals surface area contributed by atoms with Crippen LogP contribution < -0.4 is 5.32 Å². The van der Waals surface area contributed by atoms with E-state index in [0.29, 0.717) is 25.5 Å². The number of halogens is 3. The van der Waals surface area contributed by atoms with Gasteiger partial charge in [0, 0.05) is 6.54 Å². The van der Waals surface area contributed by atoms with Gasteiger partial charge in [-0.25, -0.2) is 4.79 Å². The maximum atomic E-state index is 13.1. The van der Waals surface area contributed by atoms with Crippen LogP contribution in [0.2, 0.25) is 0 Å². The second-order valence-corrected chi connectivity index (χ2v) is 7.29. The van der Waals surface area contributed by atoms with Gasteiger partial charge in [0.05, 0.1) is 4.92 Å². The maximum Gasteiger partial charge on any atom is 0.423 e. The quantitative estimate of drug-likeness (QED) is 0.594. The van der Waals surface area contributed by atoms with Crippen molar-refractivity contribution in [2.75, 3.05) is 11.9 Å². The van der Waals surface area contributed by atoms with Gasteiger partial charge in [-0.1, -0.05) is 6.07 Å². The van der Waals surface area contributed by atoms with E-state index in [2.05, 4.69) is 5.32 Å². The molecule has 27 heavy (non-hydrogen) atoms. The molecule has 1 amide bonds. The van der Waals surface area contributed by atoms with E-state index in [1.54, 1.807) is 20.8 Å². The molecule has 1 unspecified atom stereocenters. The number of nitro groups is 1. The van der Waals surface area contributed by atoms with Crippen molar-refractivity contribution >= 4 is 17.5 Å². The summed E-state index contributed by atoms with van der Waals surface area (Å²) >= 11 is 0. The van der Waals surface area contributed by atoms with Crippen molar-refractivity contribution in [2.45, 2.75) is 58.0 Å². The first-order valence-electron chi connectivity index (χ1n) is 8.51. The number of rotatable bonds is 3. The van der Waals surface area contributed by atoms with Gasteiger partial charge < -0.3 is 10.1 Å².